The van der Waals surface area contributed by atoms with Crippen LogP contribution in [-0.2, 0) is 5.60 Å². The molecule has 23 heavy (non-hydrogen) atoms. The summed E-state index contributed by atoms with van der Waals surface area (Å²) in [4.78, 5) is 14.1. The van der Waals surface area contributed by atoms with Gasteiger partial charge in [0, 0.05) is 12.1 Å². The van der Waals surface area contributed by atoms with Gasteiger partial charge in [0.15, 0.2) is 11.6 Å². The van der Waals surface area contributed by atoms with Gasteiger partial charge < -0.3 is 14.7 Å². The minimum atomic E-state index is -1.24. The van der Waals surface area contributed by atoms with Gasteiger partial charge in [0.1, 0.15) is 11.3 Å². The molecular weight excluding hydrogens is 303 g/mol. The van der Waals surface area contributed by atoms with Crippen LogP contribution in [0.15, 0.2) is 24.4 Å². The maximum atomic E-state index is 13.8. The number of β-amino-alcohol motifs (C(OH)–C–C–N with tert-alkyl or cyclic N) is 1. The monoisotopic (exact) mass is 320 g/mol. The molecule has 1 aromatic heterocycles. The second-order valence-corrected chi connectivity index (χ2v) is 5.57. The number of ether oxygens (including phenoxy) is 1. The largest absolute Gasteiger partial charge is 0.494 e. The SMILES string of the molecule is COc1ccc(C(=O)N2CCC[C@@](O)(c3cn[nH]n3)C2)cc1F. The standard InChI is InChI=1S/C15H17FN4O3/c1-23-12-4-3-10(7-11(12)16)14(21)20-6-2-5-15(22,9-20)13-8-17-19-18-13/h3-4,7-8,22H,2,5-6,9H2,1H3,(H,17,18,19)/t15-/m0/s1. The van der Waals surface area contributed by atoms with Gasteiger partial charge >= 0.3 is 0 Å². The molecule has 8 heteroatoms. The first kappa shape index (κ1) is 15.4. The molecule has 1 aromatic carbocycles. The molecule has 7 nitrogen and oxygen atoms in total. The topological polar surface area (TPSA) is 91.3 Å². The van der Waals surface area contributed by atoms with Crippen molar-refractivity contribution >= 4 is 5.91 Å². The molecule has 0 radical (unpaired) electrons. The van der Waals surface area contributed by atoms with Crippen molar-refractivity contribution in [1.29, 1.82) is 0 Å². The quantitative estimate of drug-likeness (QED) is 0.883. The molecular formula is C15H17FN4O3. The van der Waals surface area contributed by atoms with E-state index in [-0.39, 0.29) is 23.8 Å². The molecule has 1 aliphatic heterocycles. The summed E-state index contributed by atoms with van der Waals surface area (Å²) in [6.45, 7) is 0.582. The summed E-state index contributed by atoms with van der Waals surface area (Å²) in [6.07, 6.45) is 2.55. The van der Waals surface area contributed by atoms with Crippen LogP contribution in [0.5, 0.6) is 5.75 Å². The molecule has 3 rings (SSSR count). The molecule has 1 fully saturated rings. The Morgan fingerprint density at radius 3 is 3.00 bits per heavy atom. The number of aromatic amines is 1. The van der Waals surface area contributed by atoms with Crippen LogP contribution in [-0.4, -0.2) is 51.5 Å². The Bertz CT molecular complexity index is 707. The molecule has 2 aromatic rings. The van der Waals surface area contributed by atoms with Gasteiger partial charge in [-0.05, 0) is 31.0 Å². The van der Waals surface area contributed by atoms with Crippen LogP contribution in [0.25, 0.3) is 0 Å². The zero-order chi connectivity index (χ0) is 16.4. The second kappa shape index (κ2) is 5.96. The van der Waals surface area contributed by atoms with Gasteiger partial charge in [-0.2, -0.15) is 15.4 Å². The summed E-state index contributed by atoms with van der Waals surface area (Å²) >= 11 is 0. The van der Waals surface area contributed by atoms with Crippen molar-refractivity contribution in [3.63, 3.8) is 0 Å². The van der Waals surface area contributed by atoms with E-state index in [0.717, 1.165) is 6.07 Å². The Kier molecular flexibility index (Phi) is 3.99. The minimum Gasteiger partial charge on any atom is -0.494 e. The van der Waals surface area contributed by atoms with Gasteiger partial charge in [0.05, 0.1) is 19.9 Å². The van der Waals surface area contributed by atoms with Gasteiger partial charge in [0.2, 0.25) is 0 Å². The number of piperidine rings is 1. The summed E-state index contributed by atoms with van der Waals surface area (Å²) in [5, 5.41) is 20.8. The second-order valence-electron chi connectivity index (χ2n) is 5.57. The number of halogens is 1. The van der Waals surface area contributed by atoms with Gasteiger partial charge in [-0.1, -0.05) is 0 Å². The Labute approximate surface area is 132 Å². The van der Waals surface area contributed by atoms with Crippen molar-refractivity contribution in [3.8, 4) is 5.75 Å². The molecule has 0 unspecified atom stereocenters. The van der Waals surface area contributed by atoms with E-state index >= 15 is 0 Å². The summed E-state index contributed by atoms with van der Waals surface area (Å²) in [6, 6.07) is 4.06. The van der Waals surface area contributed by atoms with Crippen LogP contribution < -0.4 is 4.74 Å². The van der Waals surface area contributed by atoms with Crippen LogP contribution in [0, 0.1) is 5.82 Å². The van der Waals surface area contributed by atoms with Gasteiger partial charge in [-0.3, -0.25) is 4.79 Å². The summed E-state index contributed by atoms with van der Waals surface area (Å²) in [7, 11) is 1.36. The molecule has 2 N–H and O–H groups in total. The summed E-state index contributed by atoms with van der Waals surface area (Å²) in [5.41, 5.74) is -0.630. The zero-order valence-corrected chi connectivity index (χ0v) is 12.6. The lowest BCUT2D eigenvalue weighted by Crippen LogP contribution is -2.48. The number of rotatable bonds is 3. The average molecular weight is 320 g/mol. The lowest BCUT2D eigenvalue weighted by Gasteiger charge is -2.38. The number of aliphatic hydroxyl groups is 1. The predicted octanol–water partition coefficient (Wildman–Crippen LogP) is 1.08. The van der Waals surface area contributed by atoms with Crippen LogP contribution in [0.2, 0.25) is 0 Å². The normalized spacial score (nSPS) is 21.3. The highest BCUT2D eigenvalue weighted by Gasteiger charge is 2.39. The lowest BCUT2D eigenvalue weighted by atomic mass is 9.89. The first-order valence-electron chi connectivity index (χ1n) is 7.25. The highest BCUT2D eigenvalue weighted by Crippen LogP contribution is 2.30. The molecule has 1 amide bonds. The number of hydrogen-bond donors (Lipinski definition) is 2. The highest BCUT2D eigenvalue weighted by atomic mass is 19.1. The number of nitrogens with one attached hydrogen (secondary N) is 1. The third-order valence-corrected chi connectivity index (χ3v) is 4.05. The van der Waals surface area contributed by atoms with Gasteiger partial charge in [0.25, 0.3) is 5.91 Å². The van der Waals surface area contributed by atoms with E-state index in [1.807, 2.05) is 0 Å². The number of aromatic nitrogens is 3. The Hall–Kier alpha value is -2.48. The average Bonchev–Trinajstić information content (AvgIpc) is 3.09. The van der Waals surface area contributed by atoms with E-state index in [4.69, 9.17) is 4.74 Å². The molecule has 0 bridgehead atoms. The van der Waals surface area contributed by atoms with Crippen molar-refractivity contribution in [2.75, 3.05) is 20.2 Å². The van der Waals surface area contributed by atoms with Crippen molar-refractivity contribution in [1.82, 2.24) is 20.3 Å². The Morgan fingerprint density at radius 2 is 2.35 bits per heavy atom. The van der Waals surface area contributed by atoms with Crippen LogP contribution in [0.1, 0.15) is 28.9 Å². The first-order valence-corrected chi connectivity index (χ1v) is 7.25. The van der Waals surface area contributed by atoms with Crippen molar-refractivity contribution < 1.29 is 19.0 Å². The molecule has 1 atom stereocenters. The number of methoxy groups -OCH3 is 1. The number of benzene rings is 1. The predicted molar refractivity (Wildman–Crippen MR) is 78.4 cm³/mol. The molecule has 0 spiro atoms. The van der Waals surface area contributed by atoms with E-state index in [0.29, 0.717) is 25.1 Å². The van der Waals surface area contributed by atoms with Gasteiger partial charge in [-0.25, -0.2) is 4.39 Å². The van der Waals surface area contributed by atoms with Crippen molar-refractivity contribution in [2.24, 2.45) is 0 Å². The molecule has 0 aliphatic carbocycles. The van der Waals surface area contributed by atoms with Crippen LogP contribution >= 0.6 is 0 Å². The number of hydrogen-bond acceptors (Lipinski definition) is 5. The molecule has 122 valence electrons. The number of carbonyl (C=O) groups excluding carboxylic acids is 1. The fourth-order valence-corrected chi connectivity index (χ4v) is 2.83. The number of likely N-dealkylation sites (tertiary alicyclic amines) is 1. The third kappa shape index (κ3) is 2.89. The molecule has 2 heterocycles. The highest BCUT2D eigenvalue weighted by molar-refractivity contribution is 5.94. The van der Waals surface area contributed by atoms with Crippen LogP contribution in [0.4, 0.5) is 4.39 Å². The smallest absolute Gasteiger partial charge is 0.254 e. The van der Waals surface area contributed by atoms with Crippen LogP contribution in [0.3, 0.4) is 0 Å². The lowest BCUT2D eigenvalue weighted by molar-refractivity contribution is -0.0320. The van der Waals surface area contributed by atoms with E-state index < -0.39 is 11.4 Å². The third-order valence-electron chi connectivity index (χ3n) is 4.05. The van der Waals surface area contributed by atoms with Crippen molar-refractivity contribution in [3.05, 3.63) is 41.5 Å². The summed E-state index contributed by atoms with van der Waals surface area (Å²) in [5.74, 6) is -0.852. The fraction of sp³-hybridized carbons (Fsp3) is 0.400. The zero-order valence-electron chi connectivity index (χ0n) is 12.6. The molecule has 0 saturated carbocycles. The number of carbonyl (C=O) groups is 1. The minimum absolute atomic E-state index is 0.0827. The molecule has 1 saturated heterocycles. The van der Waals surface area contributed by atoms with E-state index in [1.54, 1.807) is 0 Å². The number of nitrogens with zero attached hydrogens (tertiary/aromatic N) is 3. The Morgan fingerprint density at radius 1 is 1.52 bits per heavy atom. The fourth-order valence-electron chi connectivity index (χ4n) is 2.83. The van der Waals surface area contributed by atoms with E-state index in [2.05, 4.69) is 15.4 Å². The number of amides is 1. The maximum Gasteiger partial charge on any atom is 0.254 e. The molecule has 1 aliphatic rings. The van der Waals surface area contributed by atoms with Crippen molar-refractivity contribution in [2.45, 2.75) is 18.4 Å². The first-order chi connectivity index (χ1) is 11.0. The summed E-state index contributed by atoms with van der Waals surface area (Å²) < 4.78 is 18.6. The number of H-pyrrole nitrogens is 1. The Balaban J connectivity index is 1.81. The van der Waals surface area contributed by atoms with E-state index in [9.17, 15) is 14.3 Å². The van der Waals surface area contributed by atoms with E-state index in [1.165, 1.54) is 30.3 Å². The van der Waals surface area contributed by atoms with Gasteiger partial charge in [-0.15, -0.1) is 0 Å². The maximum absolute atomic E-state index is 13.8.